The zero-order valence-corrected chi connectivity index (χ0v) is 18.9. The molecule has 0 spiro atoms. The Morgan fingerprint density at radius 1 is 1.09 bits per heavy atom. The molecular formula is C22H28F4NO4P. The van der Waals surface area contributed by atoms with Gasteiger partial charge in [0, 0.05) is 0 Å². The number of alkyl halides is 3. The highest BCUT2D eigenvalue weighted by atomic mass is 31.1. The Labute approximate surface area is 185 Å². The maximum atomic E-state index is 13.6. The van der Waals surface area contributed by atoms with Crippen molar-refractivity contribution in [2.45, 2.75) is 44.3 Å². The lowest BCUT2D eigenvalue weighted by molar-refractivity contribution is -0.139. The molecule has 2 unspecified atom stereocenters. The number of aliphatic hydroxyl groups is 1. The molecule has 0 amide bonds. The summed E-state index contributed by atoms with van der Waals surface area (Å²) in [6.07, 6.45) is -3.27. The summed E-state index contributed by atoms with van der Waals surface area (Å²) in [4.78, 5) is 0. The number of ether oxygens (including phenoxy) is 1. The van der Waals surface area contributed by atoms with Gasteiger partial charge in [0.15, 0.2) is 8.69 Å². The molecule has 2 rings (SSSR count). The first-order valence-corrected chi connectivity index (χ1v) is 11.1. The molecule has 0 radical (unpaired) electrons. The van der Waals surface area contributed by atoms with Gasteiger partial charge in [0.05, 0.1) is 30.9 Å². The van der Waals surface area contributed by atoms with Crippen molar-refractivity contribution in [1.82, 2.24) is 0 Å². The fraction of sp³-hybridized carbons (Fsp3) is 0.455. The third kappa shape index (κ3) is 7.89. The topological polar surface area (TPSA) is 81.8 Å². The number of halogens is 4. The smallest absolute Gasteiger partial charge is 0.419 e. The van der Waals surface area contributed by atoms with Crippen LogP contribution in [0.15, 0.2) is 36.4 Å². The van der Waals surface area contributed by atoms with E-state index in [-0.39, 0.29) is 37.6 Å². The standard InChI is InChI=1S/C22H28F4NO4P/c1-15-11-16(4-6-19(15)23)3-2-10-30-20-7-5-17(12-18(20)22(24,25)26)8-9-21(27,13-28)14-31-32-29/h4-7,11-12,28H,2-3,8-10,13-14,27,32H2,1H3. The summed E-state index contributed by atoms with van der Waals surface area (Å²) in [6.45, 7) is 1.13. The van der Waals surface area contributed by atoms with Crippen LogP contribution in [0.25, 0.3) is 0 Å². The molecule has 32 heavy (non-hydrogen) atoms. The minimum atomic E-state index is -4.61. The van der Waals surface area contributed by atoms with E-state index in [1.807, 2.05) is 0 Å². The molecule has 0 saturated heterocycles. The second-order valence-corrected chi connectivity index (χ2v) is 8.32. The van der Waals surface area contributed by atoms with Crippen molar-refractivity contribution >= 4 is 8.69 Å². The van der Waals surface area contributed by atoms with Crippen molar-refractivity contribution in [3.05, 3.63) is 64.5 Å². The molecule has 0 aliphatic carbocycles. The molecular weight excluding hydrogens is 449 g/mol. The van der Waals surface area contributed by atoms with Gasteiger partial charge in [-0.15, -0.1) is 0 Å². The second-order valence-electron chi connectivity index (χ2n) is 7.79. The van der Waals surface area contributed by atoms with Crippen molar-refractivity contribution in [2.75, 3.05) is 19.8 Å². The van der Waals surface area contributed by atoms with E-state index in [2.05, 4.69) is 0 Å². The lowest BCUT2D eigenvalue weighted by Crippen LogP contribution is -2.47. The number of nitrogens with two attached hydrogens (primary N) is 1. The van der Waals surface area contributed by atoms with E-state index in [1.165, 1.54) is 18.2 Å². The normalized spacial score (nSPS) is 14.1. The van der Waals surface area contributed by atoms with Crippen LogP contribution in [0.2, 0.25) is 0 Å². The average Bonchev–Trinajstić information content (AvgIpc) is 2.76. The van der Waals surface area contributed by atoms with Crippen LogP contribution in [-0.2, 0) is 28.1 Å². The van der Waals surface area contributed by atoms with Crippen molar-refractivity contribution in [3.8, 4) is 5.75 Å². The number of benzene rings is 2. The minimum Gasteiger partial charge on any atom is -0.493 e. The Bertz CT molecular complexity index is 910. The van der Waals surface area contributed by atoms with Gasteiger partial charge >= 0.3 is 6.18 Å². The fourth-order valence-electron chi connectivity index (χ4n) is 3.19. The molecule has 0 bridgehead atoms. The molecule has 2 aromatic rings. The van der Waals surface area contributed by atoms with E-state index in [0.717, 1.165) is 11.6 Å². The molecule has 0 saturated carbocycles. The van der Waals surface area contributed by atoms with Gasteiger partial charge in [-0.05, 0) is 67.5 Å². The summed E-state index contributed by atoms with van der Waals surface area (Å²) in [5.74, 6) is -0.569. The highest BCUT2D eigenvalue weighted by Crippen LogP contribution is 2.37. The molecule has 0 heterocycles. The van der Waals surface area contributed by atoms with E-state index in [4.69, 9.17) is 15.0 Å². The number of hydrogen-bond acceptors (Lipinski definition) is 5. The first kappa shape index (κ1) is 26.3. The van der Waals surface area contributed by atoms with Gasteiger partial charge in [-0.25, -0.2) is 4.39 Å². The quantitative estimate of drug-likeness (QED) is 0.268. The van der Waals surface area contributed by atoms with Crippen molar-refractivity contribution < 1.29 is 36.5 Å². The first-order valence-electron chi connectivity index (χ1n) is 10.1. The highest BCUT2D eigenvalue weighted by molar-refractivity contribution is 7.17. The summed E-state index contributed by atoms with van der Waals surface area (Å²) in [6, 6.07) is 8.52. The Morgan fingerprint density at radius 3 is 2.41 bits per heavy atom. The molecule has 3 N–H and O–H groups in total. The zero-order chi connectivity index (χ0) is 23.8. The molecule has 2 aromatic carbocycles. The predicted octanol–water partition coefficient (Wildman–Crippen LogP) is 4.47. The number of aryl methyl sites for hydroxylation is 3. The maximum Gasteiger partial charge on any atom is 0.419 e. The summed E-state index contributed by atoms with van der Waals surface area (Å²) < 4.78 is 74.8. The van der Waals surface area contributed by atoms with Gasteiger partial charge in [0.2, 0.25) is 0 Å². The number of rotatable bonds is 12. The van der Waals surface area contributed by atoms with Crippen LogP contribution in [-0.4, -0.2) is 30.5 Å². The largest absolute Gasteiger partial charge is 0.493 e. The molecule has 2 atom stereocenters. The minimum absolute atomic E-state index is 0.0736. The lowest BCUT2D eigenvalue weighted by Gasteiger charge is -2.26. The van der Waals surface area contributed by atoms with Crippen LogP contribution < -0.4 is 10.5 Å². The summed E-state index contributed by atoms with van der Waals surface area (Å²) in [5.41, 5.74) is 5.66. The number of hydrogen-bond donors (Lipinski definition) is 2. The van der Waals surface area contributed by atoms with Crippen LogP contribution in [0.4, 0.5) is 17.6 Å². The van der Waals surface area contributed by atoms with Crippen LogP contribution in [0.3, 0.4) is 0 Å². The lowest BCUT2D eigenvalue weighted by atomic mass is 9.93. The van der Waals surface area contributed by atoms with Gasteiger partial charge < -0.3 is 20.1 Å². The monoisotopic (exact) mass is 477 g/mol. The molecule has 5 nitrogen and oxygen atoms in total. The van der Waals surface area contributed by atoms with E-state index in [1.54, 1.807) is 19.1 Å². The Balaban J connectivity index is 2.01. The highest BCUT2D eigenvalue weighted by Gasteiger charge is 2.35. The molecule has 0 aliphatic heterocycles. The van der Waals surface area contributed by atoms with Gasteiger partial charge in [0.1, 0.15) is 11.6 Å². The average molecular weight is 477 g/mol. The van der Waals surface area contributed by atoms with E-state index in [0.29, 0.717) is 24.0 Å². The van der Waals surface area contributed by atoms with Crippen LogP contribution in [0.5, 0.6) is 5.75 Å². The first-order chi connectivity index (χ1) is 15.1. The second kappa shape index (κ2) is 11.8. The van der Waals surface area contributed by atoms with E-state index >= 15 is 0 Å². The van der Waals surface area contributed by atoms with Gasteiger partial charge in [-0.2, -0.15) is 13.2 Å². The fourth-order valence-corrected chi connectivity index (χ4v) is 3.59. The Kier molecular flexibility index (Phi) is 9.70. The predicted molar refractivity (Wildman–Crippen MR) is 115 cm³/mol. The van der Waals surface area contributed by atoms with Crippen LogP contribution in [0.1, 0.15) is 35.1 Å². The van der Waals surface area contributed by atoms with Crippen molar-refractivity contribution in [2.24, 2.45) is 5.73 Å². The Hall–Kier alpha value is -1.93. The third-order valence-corrected chi connectivity index (χ3v) is 5.41. The molecule has 0 fully saturated rings. The maximum absolute atomic E-state index is 13.6. The molecule has 0 aromatic heterocycles. The van der Waals surface area contributed by atoms with Gasteiger partial charge in [-0.1, -0.05) is 18.2 Å². The van der Waals surface area contributed by atoms with Crippen LogP contribution in [0, 0.1) is 12.7 Å². The third-order valence-electron chi connectivity index (χ3n) is 5.10. The number of aliphatic hydroxyl groups excluding tert-OH is 1. The van der Waals surface area contributed by atoms with E-state index in [9.17, 15) is 27.2 Å². The summed E-state index contributed by atoms with van der Waals surface area (Å²) >= 11 is 0. The summed E-state index contributed by atoms with van der Waals surface area (Å²) in [5, 5.41) is 9.43. The SMILES string of the molecule is Cc1cc(CCCOc2ccc(CCC(N)(CO)CO[PH2]=O)cc2C(F)(F)F)ccc1F. The summed E-state index contributed by atoms with van der Waals surface area (Å²) in [7, 11) is -1.49. The molecule has 0 aliphatic rings. The Morgan fingerprint density at radius 2 is 1.78 bits per heavy atom. The molecule has 10 heteroatoms. The van der Waals surface area contributed by atoms with Crippen molar-refractivity contribution in [1.29, 1.82) is 0 Å². The molecule has 178 valence electrons. The van der Waals surface area contributed by atoms with Gasteiger partial charge in [0.25, 0.3) is 0 Å². The van der Waals surface area contributed by atoms with Crippen LogP contribution >= 0.6 is 8.69 Å². The van der Waals surface area contributed by atoms with Crippen molar-refractivity contribution in [3.63, 3.8) is 0 Å². The zero-order valence-electron chi connectivity index (χ0n) is 17.8. The van der Waals surface area contributed by atoms with Gasteiger partial charge in [-0.3, -0.25) is 4.57 Å². The van der Waals surface area contributed by atoms with E-state index < -0.39 is 32.6 Å².